The van der Waals surface area contributed by atoms with Crippen molar-refractivity contribution in [1.29, 1.82) is 0 Å². The van der Waals surface area contributed by atoms with Gasteiger partial charge in [-0.3, -0.25) is 4.79 Å². The van der Waals surface area contributed by atoms with Crippen molar-refractivity contribution in [3.05, 3.63) is 0 Å². The Morgan fingerprint density at radius 2 is 2.25 bits per heavy atom. The second-order valence-corrected chi connectivity index (χ2v) is 3.14. The van der Waals surface area contributed by atoms with E-state index in [1.165, 1.54) is 0 Å². The number of carbonyl (C=O) groups excluding carboxylic acids is 2. The highest BCUT2D eigenvalue weighted by molar-refractivity contribution is 8.13. The van der Waals surface area contributed by atoms with Gasteiger partial charge in [-0.15, -0.1) is 0 Å². The molecule has 0 aromatic carbocycles. The minimum absolute atomic E-state index is 0.147. The van der Waals surface area contributed by atoms with Crippen LogP contribution in [0.1, 0.15) is 6.92 Å². The molecule has 1 atom stereocenters. The average Bonchev–Trinajstić information content (AvgIpc) is 2.00. The molecule has 12 heavy (non-hydrogen) atoms. The Balaban J connectivity index is 3.54. The largest absolute Gasteiger partial charge is 0.544 e. The molecule has 0 heterocycles. The van der Waals surface area contributed by atoms with E-state index in [0.29, 0.717) is 6.54 Å². The van der Waals surface area contributed by atoms with E-state index in [4.69, 9.17) is 0 Å². The van der Waals surface area contributed by atoms with Gasteiger partial charge in [0.15, 0.2) is 0 Å². The number of carbonyl (C=O) groups is 2. The van der Waals surface area contributed by atoms with Crippen molar-refractivity contribution in [2.24, 2.45) is 0 Å². The molecule has 70 valence electrons. The monoisotopic (exact) mass is 192 g/mol. The van der Waals surface area contributed by atoms with E-state index in [-0.39, 0.29) is 11.0 Å². The van der Waals surface area contributed by atoms with Gasteiger partial charge in [0, 0.05) is 6.54 Å². The molecule has 0 aliphatic carbocycles. The molecule has 0 spiro atoms. The number of thioether (sulfide) groups is 1. The number of aliphatic carboxylic acids is 1. The molecule has 0 fully saturated rings. The number of carboxylic acids is 1. The lowest BCUT2D eigenvalue weighted by atomic mass is 10.4. The van der Waals surface area contributed by atoms with Gasteiger partial charge in [0.25, 0.3) is 5.24 Å². The van der Waals surface area contributed by atoms with E-state index >= 15 is 0 Å². The van der Waals surface area contributed by atoms with E-state index in [9.17, 15) is 14.7 Å². The lowest BCUT2D eigenvalue weighted by Gasteiger charge is -2.07. The summed E-state index contributed by atoms with van der Waals surface area (Å²) in [6.45, 7) is 2.33. The van der Waals surface area contributed by atoms with Gasteiger partial charge in [-0.1, -0.05) is 11.8 Å². The zero-order chi connectivity index (χ0) is 9.56. The number of hydrogen-bond donors (Lipinski definition) is 2. The second-order valence-electron chi connectivity index (χ2n) is 2.14. The molecule has 6 heteroatoms. The van der Waals surface area contributed by atoms with Crippen molar-refractivity contribution in [1.82, 2.24) is 5.32 Å². The molecular formula is C6H12N2O3S. The van der Waals surface area contributed by atoms with Crippen LogP contribution in [-0.2, 0) is 4.79 Å². The van der Waals surface area contributed by atoms with E-state index < -0.39 is 12.0 Å². The third-order valence-electron chi connectivity index (χ3n) is 1.07. The zero-order valence-corrected chi connectivity index (χ0v) is 7.65. The van der Waals surface area contributed by atoms with E-state index in [2.05, 4.69) is 11.1 Å². The molecule has 4 N–H and O–H groups in total. The fourth-order valence-corrected chi connectivity index (χ4v) is 1.17. The van der Waals surface area contributed by atoms with Gasteiger partial charge in [-0.05, 0) is 6.92 Å². The fourth-order valence-electron chi connectivity index (χ4n) is 0.440. The maximum atomic E-state index is 10.8. The standard InChI is InChI=1S/C6H12N2O3S/c1-2-8-6(11)12-3-4(7)5(9)10/h4H,2-3,7H2,1H3,(H,8,11)(H,9,10)/t4-/m0/s1. The molecule has 5 nitrogen and oxygen atoms in total. The first-order valence-corrected chi connectivity index (χ1v) is 4.51. The smallest absolute Gasteiger partial charge is 0.279 e. The molecular weight excluding hydrogens is 180 g/mol. The number of nitrogens with one attached hydrogen (secondary N) is 1. The van der Waals surface area contributed by atoms with Crippen molar-refractivity contribution in [3.8, 4) is 0 Å². The minimum Gasteiger partial charge on any atom is -0.544 e. The summed E-state index contributed by atoms with van der Waals surface area (Å²) < 4.78 is 0. The average molecular weight is 192 g/mol. The topological polar surface area (TPSA) is 96.9 Å². The van der Waals surface area contributed by atoms with Gasteiger partial charge in [-0.2, -0.15) is 0 Å². The summed E-state index contributed by atoms with van der Waals surface area (Å²) >= 11 is 0.904. The molecule has 0 aromatic heterocycles. The molecule has 0 radical (unpaired) electrons. The summed E-state index contributed by atoms with van der Waals surface area (Å²) in [6, 6.07) is -0.836. The minimum atomic E-state index is -1.23. The molecule has 1 amide bonds. The van der Waals surface area contributed by atoms with Crippen LogP contribution in [0.2, 0.25) is 0 Å². The van der Waals surface area contributed by atoms with Gasteiger partial charge < -0.3 is 21.0 Å². The molecule has 0 bridgehead atoms. The Morgan fingerprint density at radius 1 is 1.67 bits per heavy atom. The highest BCUT2D eigenvalue weighted by atomic mass is 32.2. The van der Waals surface area contributed by atoms with Crippen molar-refractivity contribution < 1.29 is 20.4 Å². The maximum absolute atomic E-state index is 10.8. The number of amides is 1. The number of carboxylic acid groups (broad SMARTS) is 1. The first kappa shape index (κ1) is 11.2. The van der Waals surface area contributed by atoms with Crippen LogP contribution < -0.4 is 16.2 Å². The predicted octanol–water partition coefficient (Wildman–Crippen LogP) is -2.19. The number of hydrogen-bond acceptors (Lipinski definition) is 4. The Labute approximate surface area is 74.7 Å². The van der Waals surface area contributed by atoms with Crippen molar-refractivity contribution in [2.75, 3.05) is 12.3 Å². The van der Waals surface area contributed by atoms with Gasteiger partial charge in [0.05, 0.1) is 11.7 Å². The van der Waals surface area contributed by atoms with Crippen LogP contribution >= 0.6 is 11.8 Å². The van der Waals surface area contributed by atoms with Crippen LogP contribution in [-0.4, -0.2) is 29.5 Å². The maximum Gasteiger partial charge on any atom is 0.279 e. The third-order valence-corrected chi connectivity index (χ3v) is 2.05. The van der Waals surface area contributed by atoms with Crippen LogP contribution in [0.3, 0.4) is 0 Å². The summed E-state index contributed by atoms with van der Waals surface area (Å²) in [4.78, 5) is 20.9. The lowest BCUT2D eigenvalue weighted by molar-refractivity contribution is -0.431. The van der Waals surface area contributed by atoms with Gasteiger partial charge in [0.1, 0.15) is 6.04 Å². The predicted molar refractivity (Wildman–Crippen MR) is 43.2 cm³/mol. The van der Waals surface area contributed by atoms with Crippen LogP contribution in [0.5, 0.6) is 0 Å². The number of rotatable bonds is 4. The summed E-state index contributed by atoms with van der Waals surface area (Å²) in [5, 5.41) is 12.4. The molecule has 0 saturated carbocycles. The second kappa shape index (κ2) is 5.84. The van der Waals surface area contributed by atoms with Crippen molar-refractivity contribution in [3.63, 3.8) is 0 Å². The van der Waals surface area contributed by atoms with E-state index in [0.717, 1.165) is 11.8 Å². The van der Waals surface area contributed by atoms with Crippen molar-refractivity contribution >= 4 is 23.0 Å². The molecule has 0 aromatic rings. The lowest BCUT2D eigenvalue weighted by Crippen LogP contribution is -2.69. The Hall–Kier alpha value is -0.750. The zero-order valence-electron chi connectivity index (χ0n) is 6.83. The van der Waals surface area contributed by atoms with Gasteiger partial charge in [0.2, 0.25) is 0 Å². The summed E-state index contributed by atoms with van der Waals surface area (Å²) in [7, 11) is 0. The van der Waals surface area contributed by atoms with Gasteiger partial charge in [-0.25, -0.2) is 0 Å². The highest BCUT2D eigenvalue weighted by Gasteiger charge is 2.09. The van der Waals surface area contributed by atoms with Crippen molar-refractivity contribution in [2.45, 2.75) is 13.0 Å². The molecule has 0 rings (SSSR count). The van der Waals surface area contributed by atoms with E-state index in [1.54, 1.807) is 6.92 Å². The quantitative estimate of drug-likeness (QED) is 0.528. The molecule has 0 aliphatic rings. The Bertz CT molecular complexity index is 174. The highest BCUT2D eigenvalue weighted by Crippen LogP contribution is 2.01. The summed E-state index contributed by atoms with van der Waals surface area (Å²) in [5.74, 6) is -1.08. The van der Waals surface area contributed by atoms with Crippen LogP contribution in [0, 0.1) is 0 Å². The first-order chi connectivity index (χ1) is 5.57. The van der Waals surface area contributed by atoms with Crippen LogP contribution in [0.15, 0.2) is 0 Å². The van der Waals surface area contributed by atoms with Crippen LogP contribution in [0.4, 0.5) is 4.79 Å². The molecule has 0 unspecified atom stereocenters. The molecule has 0 saturated heterocycles. The third kappa shape index (κ3) is 4.97. The first-order valence-electron chi connectivity index (χ1n) is 3.52. The summed E-state index contributed by atoms with van der Waals surface area (Å²) in [6.07, 6.45) is 0. The number of quaternary nitrogens is 1. The van der Waals surface area contributed by atoms with E-state index in [1.807, 2.05) is 0 Å². The Kier molecular flexibility index (Phi) is 5.48. The van der Waals surface area contributed by atoms with Crippen LogP contribution in [0.25, 0.3) is 0 Å². The normalized spacial score (nSPS) is 12.2. The fraction of sp³-hybridized carbons (Fsp3) is 0.667. The molecule has 0 aliphatic heterocycles. The SMILES string of the molecule is CCNC(=O)SC[C@H]([NH3+])C(=O)[O-]. The van der Waals surface area contributed by atoms with Gasteiger partial charge >= 0.3 is 0 Å². The Morgan fingerprint density at radius 3 is 2.67 bits per heavy atom. The summed E-state index contributed by atoms with van der Waals surface area (Å²) in [5.41, 5.74) is 3.31.